The van der Waals surface area contributed by atoms with Crippen molar-refractivity contribution in [1.82, 2.24) is 20.5 Å². The van der Waals surface area contributed by atoms with Crippen molar-refractivity contribution in [1.29, 1.82) is 0 Å². The minimum atomic E-state index is -0.249. The highest BCUT2D eigenvalue weighted by Gasteiger charge is 2.17. The summed E-state index contributed by atoms with van der Waals surface area (Å²) in [4.78, 5) is 17.2. The number of allylic oxidation sites excluding steroid dienone is 4. The highest BCUT2D eigenvalue weighted by Crippen LogP contribution is 2.26. The molecule has 2 heterocycles. The molecule has 1 aliphatic rings. The predicted molar refractivity (Wildman–Crippen MR) is 124 cm³/mol. The van der Waals surface area contributed by atoms with Crippen LogP contribution >= 0.6 is 11.6 Å². The Kier molecular flexibility index (Phi) is 6.75. The molecule has 4 rings (SSSR count). The first-order chi connectivity index (χ1) is 15.2. The minimum absolute atomic E-state index is 0.188. The number of nitrogens with one attached hydrogen (secondary N) is 2. The van der Waals surface area contributed by atoms with Gasteiger partial charge in [-0.15, -0.1) is 0 Å². The van der Waals surface area contributed by atoms with Crippen LogP contribution in [0.5, 0.6) is 0 Å². The Morgan fingerprint density at radius 1 is 1.26 bits per heavy atom. The van der Waals surface area contributed by atoms with Crippen molar-refractivity contribution in [2.75, 3.05) is 0 Å². The molecule has 2 N–H and O–H groups in total. The topological polar surface area (TPSA) is 70.7 Å². The second-order valence-corrected chi connectivity index (χ2v) is 7.79. The lowest BCUT2D eigenvalue weighted by Crippen LogP contribution is -2.28. The summed E-state index contributed by atoms with van der Waals surface area (Å²) in [5, 5.41) is 11.0. The molecular formula is C25H23ClN4O. The monoisotopic (exact) mass is 430 g/mol. The van der Waals surface area contributed by atoms with Crippen molar-refractivity contribution in [2.45, 2.75) is 24.8 Å². The maximum absolute atomic E-state index is 12.8. The minimum Gasteiger partial charge on any atom is -0.345 e. The Labute approximate surface area is 186 Å². The summed E-state index contributed by atoms with van der Waals surface area (Å²) in [6.07, 6.45) is 16.7. The molecule has 0 bridgehead atoms. The molecule has 31 heavy (non-hydrogen) atoms. The lowest BCUT2D eigenvalue weighted by Gasteiger charge is -2.18. The molecule has 0 aliphatic heterocycles. The van der Waals surface area contributed by atoms with Crippen molar-refractivity contribution in [3.05, 3.63) is 113 Å². The summed E-state index contributed by atoms with van der Waals surface area (Å²) in [7, 11) is 0. The van der Waals surface area contributed by atoms with E-state index in [1.807, 2.05) is 60.8 Å². The van der Waals surface area contributed by atoms with Crippen LogP contribution in [0.1, 0.15) is 40.9 Å². The number of hydrogen-bond donors (Lipinski definition) is 2. The summed E-state index contributed by atoms with van der Waals surface area (Å²) in [6.45, 7) is 0. The number of carbonyl (C=O) groups is 1. The van der Waals surface area contributed by atoms with Crippen LogP contribution in [-0.4, -0.2) is 21.1 Å². The first-order valence-electron chi connectivity index (χ1n) is 10.2. The molecule has 0 fully saturated rings. The molecule has 0 spiro atoms. The molecule has 0 radical (unpaired) electrons. The summed E-state index contributed by atoms with van der Waals surface area (Å²) < 4.78 is 0. The number of H-pyrrole nitrogens is 1. The predicted octanol–water partition coefficient (Wildman–Crippen LogP) is 5.17. The third kappa shape index (κ3) is 5.58. The molecule has 1 aliphatic carbocycles. The van der Waals surface area contributed by atoms with Crippen LogP contribution in [0.2, 0.25) is 5.02 Å². The normalized spacial score (nSPS) is 16.5. The molecule has 2 aromatic heterocycles. The molecule has 1 aromatic carbocycles. The van der Waals surface area contributed by atoms with E-state index in [9.17, 15) is 4.79 Å². The van der Waals surface area contributed by atoms with Gasteiger partial charge in [0, 0.05) is 47.1 Å². The van der Waals surface area contributed by atoms with Gasteiger partial charge in [0.25, 0.3) is 0 Å². The quantitative estimate of drug-likeness (QED) is 0.508. The Morgan fingerprint density at radius 3 is 2.97 bits per heavy atom. The van der Waals surface area contributed by atoms with Gasteiger partial charge in [0.15, 0.2) is 0 Å². The number of halogens is 1. The first-order valence-corrected chi connectivity index (χ1v) is 10.6. The van der Waals surface area contributed by atoms with E-state index in [-0.39, 0.29) is 17.9 Å². The van der Waals surface area contributed by atoms with Gasteiger partial charge >= 0.3 is 0 Å². The van der Waals surface area contributed by atoms with E-state index in [4.69, 9.17) is 11.6 Å². The van der Waals surface area contributed by atoms with Crippen molar-refractivity contribution >= 4 is 23.6 Å². The van der Waals surface area contributed by atoms with Gasteiger partial charge in [-0.2, -0.15) is 5.10 Å². The smallest absolute Gasteiger partial charge is 0.244 e. The van der Waals surface area contributed by atoms with Gasteiger partial charge in [-0.25, -0.2) is 0 Å². The number of hydrogen-bond acceptors (Lipinski definition) is 3. The standard InChI is InChI=1S/C25H23ClN4O/c26-21-10-6-9-19(15-21)23(16-22-11-4-5-14-27-22)29-24(31)13-12-20-17-28-30-25(20)18-7-2-1-3-8-18/h1-7,9-15,17-18,23H,8,16H2,(H,28,30)(H,29,31)/b13-12+. The maximum Gasteiger partial charge on any atom is 0.244 e. The molecule has 0 saturated heterocycles. The molecule has 5 nitrogen and oxygen atoms in total. The lowest BCUT2D eigenvalue weighted by atomic mass is 9.94. The molecule has 2 unspecified atom stereocenters. The number of rotatable bonds is 7. The Bertz CT molecular complexity index is 1120. The number of benzene rings is 1. The molecule has 6 heteroatoms. The van der Waals surface area contributed by atoms with E-state index < -0.39 is 0 Å². The summed E-state index contributed by atoms with van der Waals surface area (Å²) in [5.41, 5.74) is 3.67. The Hall–Kier alpha value is -3.44. The van der Waals surface area contributed by atoms with Crippen LogP contribution in [-0.2, 0) is 11.2 Å². The average molecular weight is 431 g/mol. The maximum atomic E-state index is 12.8. The molecule has 156 valence electrons. The Balaban J connectivity index is 1.49. The van der Waals surface area contributed by atoms with E-state index in [1.54, 1.807) is 18.3 Å². The number of pyridine rings is 1. The summed E-state index contributed by atoms with van der Waals surface area (Å²) in [6, 6.07) is 13.0. The number of nitrogens with zero attached hydrogens (tertiary/aromatic N) is 2. The molecule has 1 amide bonds. The van der Waals surface area contributed by atoms with Gasteiger partial charge in [-0.05, 0) is 42.3 Å². The third-order valence-electron chi connectivity index (χ3n) is 5.15. The molecule has 0 saturated carbocycles. The molecular weight excluding hydrogens is 408 g/mol. The number of aromatic amines is 1. The Morgan fingerprint density at radius 2 is 2.19 bits per heavy atom. The number of amides is 1. The van der Waals surface area contributed by atoms with Crippen molar-refractivity contribution in [2.24, 2.45) is 0 Å². The van der Waals surface area contributed by atoms with Gasteiger partial charge in [0.1, 0.15) is 0 Å². The first kappa shape index (κ1) is 20.8. The van der Waals surface area contributed by atoms with Gasteiger partial charge in [-0.3, -0.25) is 14.9 Å². The highest BCUT2D eigenvalue weighted by molar-refractivity contribution is 6.30. The van der Waals surface area contributed by atoms with E-state index in [1.165, 1.54) is 0 Å². The van der Waals surface area contributed by atoms with E-state index in [0.29, 0.717) is 11.4 Å². The SMILES string of the molecule is O=C(/C=C/c1c[nH]nc1C1C=CC=CC1)NC(Cc1ccccn1)c1cccc(Cl)c1. The van der Waals surface area contributed by atoms with E-state index in [0.717, 1.165) is 28.9 Å². The third-order valence-corrected chi connectivity index (χ3v) is 5.39. The fourth-order valence-corrected chi connectivity index (χ4v) is 3.81. The van der Waals surface area contributed by atoms with Crippen molar-refractivity contribution in [3.63, 3.8) is 0 Å². The van der Waals surface area contributed by atoms with Crippen LogP contribution in [0.3, 0.4) is 0 Å². The molecule has 3 aromatic rings. The van der Waals surface area contributed by atoms with Crippen molar-refractivity contribution in [3.8, 4) is 0 Å². The second kappa shape index (κ2) is 10.0. The highest BCUT2D eigenvalue weighted by atomic mass is 35.5. The zero-order chi connectivity index (χ0) is 21.5. The van der Waals surface area contributed by atoms with Crippen LogP contribution in [0.15, 0.2) is 85.2 Å². The van der Waals surface area contributed by atoms with Gasteiger partial charge < -0.3 is 5.32 Å². The largest absolute Gasteiger partial charge is 0.345 e. The summed E-state index contributed by atoms with van der Waals surface area (Å²) in [5.74, 6) is 0.0227. The van der Waals surface area contributed by atoms with Crippen molar-refractivity contribution < 1.29 is 4.79 Å². The van der Waals surface area contributed by atoms with Gasteiger partial charge in [0.05, 0.1) is 11.7 Å². The zero-order valence-electron chi connectivity index (χ0n) is 16.9. The van der Waals surface area contributed by atoms with Crippen LogP contribution in [0.4, 0.5) is 0 Å². The van der Waals surface area contributed by atoms with Crippen LogP contribution in [0.25, 0.3) is 6.08 Å². The summed E-state index contributed by atoms with van der Waals surface area (Å²) >= 11 is 6.19. The average Bonchev–Trinajstić information content (AvgIpc) is 3.27. The fraction of sp³-hybridized carbons (Fsp3) is 0.160. The van der Waals surface area contributed by atoms with E-state index in [2.05, 4.69) is 32.7 Å². The van der Waals surface area contributed by atoms with Crippen LogP contribution < -0.4 is 5.32 Å². The van der Waals surface area contributed by atoms with Crippen LogP contribution in [0, 0.1) is 0 Å². The van der Waals surface area contributed by atoms with Gasteiger partial charge in [-0.1, -0.05) is 54.1 Å². The molecule has 2 atom stereocenters. The number of carbonyl (C=O) groups excluding carboxylic acids is 1. The second-order valence-electron chi connectivity index (χ2n) is 7.36. The lowest BCUT2D eigenvalue weighted by molar-refractivity contribution is -0.117. The number of aromatic nitrogens is 3. The van der Waals surface area contributed by atoms with E-state index >= 15 is 0 Å². The fourth-order valence-electron chi connectivity index (χ4n) is 3.61. The zero-order valence-corrected chi connectivity index (χ0v) is 17.7. The van der Waals surface area contributed by atoms with Gasteiger partial charge in [0.2, 0.25) is 5.91 Å².